The fourth-order valence-corrected chi connectivity index (χ4v) is 3.93. The number of rotatable bonds is 4. The van der Waals surface area contributed by atoms with Crippen LogP contribution in [0.3, 0.4) is 0 Å². The summed E-state index contributed by atoms with van der Waals surface area (Å²) in [5.74, 6) is -2.72. The molecule has 1 spiro atoms. The van der Waals surface area contributed by atoms with Crippen molar-refractivity contribution in [1.29, 1.82) is 0 Å². The molecule has 2 atom stereocenters. The standard InChI is InChI=1S/C17H30N2O4.C2HF3O2/c1-18(2)11-14-4-7-17(23-14)12-19(8-9-22-13-17)15(20)10-16(21)5-3-6-16;3-2(4,5)1(6)7/h14,21H,3-13H2,1-2H3;(H,6,7). The maximum Gasteiger partial charge on any atom is 0.490 e. The van der Waals surface area contributed by atoms with Crippen molar-refractivity contribution in [1.82, 2.24) is 9.80 Å². The highest BCUT2D eigenvalue weighted by Gasteiger charge is 2.45. The molecule has 1 saturated carbocycles. The number of carboxylic acids is 1. The Kier molecular flexibility index (Phi) is 8.11. The summed E-state index contributed by atoms with van der Waals surface area (Å²) in [6, 6.07) is 0. The third-order valence-corrected chi connectivity index (χ3v) is 5.62. The van der Waals surface area contributed by atoms with Gasteiger partial charge in [-0.2, -0.15) is 13.2 Å². The van der Waals surface area contributed by atoms with Gasteiger partial charge in [-0.1, -0.05) is 0 Å². The number of amides is 1. The normalized spacial score (nSPS) is 28.5. The summed E-state index contributed by atoms with van der Waals surface area (Å²) >= 11 is 0. The lowest BCUT2D eigenvalue weighted by Gasteiger charge is -2.38. The second kappa shape index (κ2) is 9.80. The smallest absolute Gasteiger partial charge is 0.475 e. The van der Waals surface area contributed by atoms with Gasteiger partial charge in [-0.25, -0.2) is 4.79 Å². The molecule has 3 aliphatic rings. The number of carbonyl (C=O) groups is 2. The van der Waals surface area contributed by atoms with E-state index in [2.05, 4.69) is 4.90 Å². The van der Waals surface area contributed by atoms with Gasteiger partial charge in [0.2, 0.25) is 5.91 Å². The van der Waals surface area contributed by atoms with Crippen molar-refractivity contribution in [3.05, 3.63) is 0 Å². The molecule has 0 aromatic rings. The van der Waals surface area contributed by atoms with Crippen LogP contribution in [0, 0.1) is 0 Å². The summed E-state index contributed by atoms with van der Waals surface area (Å²) in [5, 5.41) is 17.4. The highest BCUT2D eigenvalue weighted by Crippen LogP contribution is 2.37. The Morgan fingerprint density at radius 2 is 1.87 bits per heavy atom. The lowest BCUT2D eigenvalue weighted by molar-refractivity contribution is -0.192. The SMILES string of the molecule is CN(C)CC1CCC2(COCCN(C(=O)CC3(O)CCC3)C2)O1.O=C(O)C(F)(F)F. The van der Waals surface area contributed by atoms with Gasteiger partial charge in [0, 0.05) is 13.1 Å². The molecule has 174 valence electrons. The molecule has 2 aliphatic heterocycles. The van der Waals surface area contributed by atoms with Gasteiger partial charge in [0.05, 0.1) is 37.9 Å². The zero-order valence-electron chi connectivity index (χ0n) is 17.4. The lowest BCUT2D eigenvalue weighted by Crippen LogP contribution is -2.49. The molecule has 0 radical (unpaired) electrons. The van der Waals surface area contributed by atoms with Crippen LogP contribution in [0.25, 0.3) is 0 Å². The molecule has 11 heteroatoms. The van der Waals surface area contributed by atoms with Crippen LogP contribution in [0.5, 0.6) is 0 Å². The van der Waals surface area contributed by atoms with E-state index in [-0.39, 0.29) is 24.0 Å². The van der Waals surface area contributed by atoms with Gasteiger partial charge in [0.25, 0.3) is 0 Å². The Bertz CT molecular complexity index is 612. The number of halogens is 3. The number of likely N-dealkylation sites (N-methyl/N-ethyl adjacent to an activating group) is 1. The quantitative estimate of drug-likeness (QED) is 0.679. The monoisotopic (exact) mass is 440 g/mol. The number of carbonyl (C=O) groups excluding carboxylic acids is 1. The highest BCUT2D eigenvalue weighted by molar-refractivity contribution is 5.77. The summed E-state index contributed by atoms with van der Waals surface area (Å²) in [4.78, 5) is 25.5. The van der Waals surface area contributed by atoms with Crippen molar-refractivity contribution in [2.75, 3.05) is 46.9 Å². The Morgan fingerprint density at radius 3 is 2.37 bits per heavy atom. The molecular formula is C19H31F3N2O6. The fourth-order valence-electron chi connectivity index (χ4n) is 3.93. The first-order chi connectivity index (χ1) is 13.8. The molecule has 3 rings (SSSR count). The Labute approximate surface area is 173 Å². The van der Waals surface area contributed by atoms with E-state index in [0.29, 0.717) is 26.3 Å². The van der Waals surface area contributed by atoms with Crippen molar-refractivity contribution < 1.29 is 42.4 Å². The molecule has 1 aliphatic carbocycles. The van der Waals surface area contributed by atoms with E-state index < -0.39 is 17.7 Å². The molecule has 2 unspecified atom stereocenters. The van der Waals surface area contributed by atoms with E-state index in [0.717, 1.165) is 38.6 Å². The van der Waals surface area contributed by atoms with Crippen LogP contribution in [0.2, 0.25) is 0 Å². The zero-order chi connectivity index (χ0) is 22.6. The van der Waals surface area contributed by atoms with Gasteiger partial charge in [-0.05, 0) is 46.2 Å². The van der Waals surface area contributed by atoms with Crippen LogP contribution in [0.4, 0.5) is 13.2 Å². The van der Waals surface area contributed by atoms with Crippen molar-refractivity contribution in [3.63, 3.8) is 0 Å². The molecule has 2 N–H and O–H groups in total. The maximum absolute atomic E-state index is 12.6. The number of hydrogen-bond acceptors (Lipinski definition) is 6. The number of ether oxygens (including phenoxy) is 2. The number of aliphatic hydroxyl groups is 1. The predicted molar refractivity (Wildman–Crippen MR) is 99.9 cm³/mol. The first-order valence-corrected chi connectivity index (χ1v) is 10.0. The number of nitrogens with zero attached hydrogens (tertiary/aromatic N) is 2. The molecule has 2 heterocycles. The molecule has 3 fully saturated rings. The van der Waals surface area contributed by atoms with Crippen LogP contribution in [-0.4, -0.2) is 102 Å². The molecule has 0 bridgehead atoms. The summed E-state index contributed by atoms with van der Waals surface area (Å²) in [7, 11) is 4.10. The minimum Gasteiger partial charge on any atom is -0.475 e. The van der Waals surface area contributed by atoms with Crippen LogP contribution < -0.4 is 0 Å². The summed E-state index contributed by atoms with van der Waals surface area (Å²) in [5.41, 5.74) is -1.13. The molecular weight excluding hydrogens is 409 g/mol. The second-order valence-corrected chi connectivity index (χ2v) is 8.65. The van der Waals surface area contributed by atoms with E-state index in [1.165, 1.54) is 0 Å². The molecule has 30 heavy (non-hydrogen) atoms. The van der Waals surface area contributed by atoms with E-state index in [9.17, 15) is 23.1 Å². The lowest BCUT2D eigenvalue weighted by atomic mass is 9.77. The van der Waals surface area contributed by atoms with Gasteiger partial charge >= 0.3 is 12.1 Å². The fraction of sp³-hybridized carbons (Fsp3) is 0.895. The van der Waals surface area contributed by atoms with E-state index in [1.54, 1.807) is 0 Å². The maximum atomic E-state index is 12.6. The van der Waals surface area contributed by atoms with Crippen LogP contribution in [-0.2, 0) is 19.1 Å². The van der Waals surface area contributed by atoms with Gasteiger partial charge in [0.1, 0.15) is 5.60 Å². The minimum atomic E-state index is -5.08. The van der Waals surface area contributed by atoms with Crippen LogP contribution in [0.15, 0.2) is 0 Å². The zero-order valence-corrected chi connectivity index (χ0v) is 17.4. The summed E-state index contributed by atoms with van der Waals surface area (Å²) in [6.07, 6.45) is -0.186. The van der Waals surface area contributed by atoms with E-state index in [1.807, 2.05) is 19.0 Å². The number of hydrogen-bond donors (Lipinski definition) is 2. The Morgan fingerprint density at radius 1 is 1.23 bits per heavy atom. The molecule has 0 aromatic carbocycles. The molecule has 0 aromatic heterocycles. The summed E-state index contributed by atoms with van der Waals surface area (Å²) in [6.45, 7) is 3.19. The van der Waals surface area contributed by atoms with Gasteiger partial charge in [-0.15, -0.1) is 0 Å². The number of aliphatic carboxylic acids is 1. The van der Waals surface area contributed by atoms with Crippen molar-refractivity contribution >= 4 is 11.9 Å². The largest absolute Gasteiger partial charge is 0.490 e. The first-order valence-electron chi connectivity index (χ1n) is 10.0. The van der Waals surface area contributed by atoms with Crippen LogP contribution >= 0.6 is 0 Å². The molecule has 8 nitrogen and oxygen atoms in total. The molecule has 1 amide bonds. The number of carboxylic acid groups (broad SMARTS) is 1. The average molecular weight is 440 g/mol. The number of alkyl halides is 3. The van der Waals surface area contributed by atoms with Crippen molar-refractivity contribution in [2.45, 2.75) is 62.0 Å². The average Bonchev–Trinajstić information content (AvgIpc) is 2.84. The summed E-state index contributed by atoms with van der Waals surface area (Å²) < 4.78 is 43.8. The highest BCUT2D eigenvalue weighted by atomic mass is 19.4. The topological polar surface area (TPSA) is 99.5 Å². The third-order valence-electron chi connectivity index (χ3n) is 5.62. The van der Waals surface area contributed by atoms with Gasteiger partial charge < -0.3 is 29.5 Å². The van der Waals surface area contributed by atoms with Gasteiger partial charge in [0.15, 0.2) is 0 Å². The van der Waals surface area contributed by atoms with Crippen LogP contribution in [0.1, 0.15) is 38.5 Å². The Hall–Kier alpha value is -1.43. The predicted octanol–water partition coefficient (Wildman–Crippen LogP) is 1.26. The van der Waals surface area contributed by atoms with E-state index >= 15 is 0 Å². The Balaban J connectivity index is 0.000000396. The third kappa shape index (κ3) is 7.07. The first kappa shape index (κ1) is 24.8. The minimum absolute atomic E-state index is 0.0386. The van der Waals surface area contributed by atoms with Crippen molar-refractivity contribution in [3.8, 4) is 0 Å². The van der Waals surface area contributed by atoms with Gasteiger partial charge in [-0.3, -0.25) is 4.79 Å². The molecule has 2 saturated heterocycles. The second-order valence-electron chi connectivity index (χ2n) is 8.65. The van der Waals surface area contributed by atoms with Crippen molar-refractivity contribution in [2.24, 2.45) is 0 Å². The van der Waals surface area contributed by atoms with E-state index in [4.69, 9.17) is 19.4 Å².